The summed E-state index contributed by atoms with van der Waals surface area (Å²) >= 11 is 0. The van der Waals surface area contributed by atoms with Gasteiger partial charge in [0.25, 0.3) is 0 Å². The molecule has 2 N–H and O–H groups in total. The van der Waals surface area contributed by atoms with Gasteiger partial charge in [-0.25, -0.2) is 0 Å². The summed E-state index contributed by atoms with van der Waals surface area (Å²) in [7, 11) is 1.94. The zero-order chi connectivity index (χ0) is 20.0. The van der Waals surface area contributed by atoms with Gasteiger partial charge < -0.3 is 15.1 Å². The Morgan fingerprint density at radius 2 is 1.71 bits per heavy atom. The molecule has 1 heterocycles. The van der Waals surface area contributed by atoms with Crippen molar-refractivity contribution in [1.82, 2.24) is 9.80 Å². The summed E-state index contributed by atoms with van der Waals surface area (Å²) in [5.41, 5.74) is 1.10. The second kappa shape index (κ2) is 9.32. The van der Waals surface area contributed by atoms with Crippen molar-refractivity contribution in [3.8, 4) is 0 Å². The SMILES string of the molecule is CN(Cc1ccccc1)C[C@@]1(O)CCN(C(=O)CCc2ccccc2)C[C@@H]1O. The molecule has 1 saturated heterocycles. The number of hydrogen-bond donors (Lipinski definition) is 2. The van der Waals surface area contributed by atoms with Crippen molar-refractivity contribution < 1.29 is 15.0 Å². The van der Waals surface area contributed by atoms with Crippen LogP contribution in [0.25, 0.3) is 0 Å². The average molecular weight is 383 g/mol. The highest BCUT2D eigenvalue weighted by Crippen LogP contribution is 2.25. The number of piperidine rings is 1. The van der Waals surface area contributed by atoms with Crippen molar-refractivity contribution in [3.63, 3.8) is 0 Å². The van der Waals surface area contributed by atoms with Crippen LogP contribution in [-0.2, 0) is 17.8 Å². The first kappa shape index (κ1) is 20.5. The van der Waals surface area contributed by atoms with E-state index in [0.29, 0.717) is 38.9 Å². The Bertz CT molecular complexity index is 753. The van der Waals surface area contributed by atoms with Crippen molar-refractivity contribution in [2.75, 3.05) is 26.7 Å². The standard InChI is InChI=1S/C23H30N2O3/c1-24(16-20-10-6-3-7-11-20)18-23(28)14-15-25(17-21(23)26)22(27)13-12-19-8-4-2-5-9-19/h2-11,21,26,28H,12-18H2,1H3/t21-,23-/m0/s1. The highest BCUT2D eigenvalue weighted by atomic mass is 16.3. The summed E-state index contributed by atoms with van der Waals surface area (Å²) in [5, 5.41) is 21.5. The Hall–Kier alpha value is -2.21. The Balaban J connectivity index is 1.49. The van der Waals surface area contributed by atoms with Crippen molar-refractivity contribution in [1.29, 1.82) is 0 Å². The highest BCUT2D eigenvalue weighted by molar-refractivity contribution is 5.76. The van der Waals surface area contributed by atoms with Crippen molar-refractivity contribution in [3.05, 3.63) is 71.8 Å². The van der Waals surface area contributed by atoms with E-state index in [4.69, 9.17) is 0 Å². The van der Waals surface area contributed by atoms with Gasteiger partial charge in [-0.05, 0) is 31.0 Å². The predicted molar refractivity (Wildman–Crippen MR) is 110 cm³/mol. The van der Waals surface area contributed by atoms with Crippen LogP contribution in [0, 0.1) is 0 Å². The van der Waals surface area contributed by atoms with Crippen LogP contribution in [0.4, 0.5) is 0 Å². The monoisotopic (exact) mass is 382 g/mol. The minimum atomic E-state index is -1.19. The maximum atomic E-state index is 12.5. The van der Waals surface area contributed by atoms with Crippen LogP contribution in [0.5, 0.6) is 0 Å². The van der Waals surface area contributed by atoms with Crippen molar-refractivity contribution in [2.24, 2.45) is 0 Å². The lowest BCUT2D eigenvalue weighted by Crippen LogP contribution is -2.60. The van der Waals surface area contributed by atoms with E-state index in [-0.39, 0.29) is 12.5 Å². The predicted octanol–water partition coefficient (Wildman–Crippen LogP) is 2.08. The number of benzene rings is 2. The first-order valence-corrected chi connectivity index (χ1v) is 9.91. The fraction of sp³-hybridized carbons (Fsp3) is 0.435. The van der Waals surface area contributed by atoms with Crippen LogP contribution in [0.2, 0.25) is 0 Å². The van der Waals surface area contributed by atoms with Crippen molar-refractivity contribution in [2.45, 2.75) is 37.5 Å². The van der Waals surface area contributed by atoms with Crippen LogP contribution < -0.4 is 0 Å². The second-order valence-electron chi connectivity index (χ2n) is 7.85. The fourth-order valence-electron chi connectivity index (χ4n) is 3.85. The molecular formula is C23H30N2O3. The van der Waals surface area contributed by atoms with Gasteiger partial charge in [0.1, 0.15) is 11.7 Å². The van der Waals surface area contributed by atoms with Gasteiger partial charge in [-0.2, -0.15) is 0 Å². The van der Waals surface area contributed by atoms with E-state index < -0.39 is 11.7 Å². The molecule has 0 aromatic heterocycles. The molecule has 5 nitrogen and oxygen atoms in total. The maximum absolute atomic E-state index is 12.5. The molecule has 2 aromatic rings. The number of aliphatic hydroxyl groups is 2. The molecule has 2 atom stereocenters. The van der Waals surface area contributed by atoms with E-state index in [1.165, 1.54) is 0 Å². The van der Waals surface area contributed by atoms with Gasteiger partial charge in [0.2, 0.25) is 5.91 Å². The number of carbonyl (C=O) groups excluding carboxylic acids is 1. The smallest absolute Gasteiger partial charge is 0.222 e. The Labute approximate surface area is 167 Å². The molecule has 0 aliphatic carbocycles. The molecule has 28 heavy (non-hydrogen) atoms. The third kappa shape index (κ3) is 5.41. The molecule has 1 aliphatic heterocycles. The molecule has 150 valence electrons. The Kier molecular flexibility index (Phi) is 6.83. The van der Waals surface area contributed by atoms with Gasteiger partial charge in [0.15, 0.2) is 0 Å². The first-order valence-electron chi connectivity index (χ1n) is 9.91. The van der Waals surface area contributed by atoms with Crippen LogP contribution in [0.3, 0.4) is 0 Å². The number of aliphatic hydroxyl groups excluding tert-OH is 1. The van der Waals surface area contributed by atoms with E-state index in [2.05, 4.69) is 0 Å². The summed E-state index contributed by atoms with van der Waals surface area (Å²) < 4.78 is 0. The molecule has 0 unspecified atom stereocenters. The van der Waals surface area contributed by atoms with Gasteiger partial charge in [-0.15, -0.1) is 0 Å². The number of carbonyl (C=O) groups is 1. The number of likely N-dealkylation sites (N-methyl/N-ethyl adjacent to an activating group) is 1. The first-order chi connectivity index (χ1) is 13.5. The quantitative estimate of drug-likeness (QED) is 0.770. The summed E-state index contributed by atoms with van der Waals surface area (Å²) in [6.45, 7) is 1.73. The Morgan fingerprint density at radius 3 is 2.32 bits per heavy atom. The van der Waals surface area contributed by atoms with E-state index in [9.17, 15) is 15.0 Å². The molecule has 1 amide bonds. The molecule has 1 fully saturated rings. The molecule has 3 rings (SSSR count). The minimum absolute atomic E-state index is 0.0302. The lowest BCUT2D eigenvalue weighted by molar-refractivity contribution is -0.153. The summed E-state index contributed by atoms with van der Waals surface area (Å²) in [4.78, 5) is 16.2. The zero-order valence-electron chi connectivity index (χ0n) is 16.5. The molecule has 5 heteroatoms. The minimum Gasteiger partial charge on any atom is -0.388 e. The molecular weight excluding hydrogens is 352 g/mol. The molecule has 0 radical (unpaired) electrons. The number of rotatable bonds is 7. The summed E-state index contributed by atoms with van der Waals surface area (Å²) in [5.74, 6) is 0.0302. The summed E-state index contributed by atoms with van der Waals surface area (Å²) in [6.07, 6.45) is 0.546. The van der Waals surface area contributed by atoms with Crippen LogP contribution in [-0.4, -0.2) is 64.3 Å². The lowest BCUT2D eigenvalue weighted by Gasteiger charge is -2.43. The van der Waals surface area contributed by atoms with Gasteiger partial charge >= 0.3 is 0 Å². The van der Waals surface area contributed by atoms with Gasteiger partial charge in [-0.1, -0.05) is 60.7 Å². The highest BCUT2D eigenvalue weighted by Gasteiger charge is 2.42. The largest absolute Gasteiger partial charge is 0.388 e. The van der Waals surface area contributed by atoms with E-state index in [1.54, 1.807) is 4.90 Å². The third-order valence-corrected chi connectivity index (χ3v) is 5.49. The zero-order valence-corrected chi connectivity index (χ0v) is 16.5. The van der Waals surface area contributed by atoms with Crippen LogP contribution in [0.1, 0.15) is 24.0 Å². The van der Waals surface area contributed by atoms with E-state index >= 15 is 0 Å². The number of amides is 1. The third-order valence-electron chi connectivity index (χ3n) is 5.49. The van der Waals surface area contributed by atoms with E-state index in [0.717, 1.165) is 11.1 Å². The molecule has 0 bridgehead atoms. The molecule has 0 spiro atoms. The molecule has 0 saturated carbocycles. The van der Waals surface area contributed by atoms with E-state index in [1.807, 2.05) is 72.6 Å². The topological polar surface area (TPSA) is 64.0 Å². The fourth-order valence-corrected chi connectivity index (χ4v) is 3.85. The van der Waals surface area contributed by atoms with Crippen molar-refractivity contribution >= 4 is 5.91 Å². The van der Waals surface area contributed by atoms with Gasteiger partial charge in [0, 0.05) is 32.6 Å². The van der Waals surface area contributed by atoms with Crippen LogP contribution >= 0.6 is 0 Å². The number of hydrogen-bond acceptors (Lipinski definition) is 4. The lowest BCUT2D eigenvalue weighted by atomic mass is 9.87. The maximum Gasteiger partial charge on any atom is 0.222 e. The molecule has 1 aliphatic rings. The second-order valence-corrected chi connectivity index (χ2v) is 7.85. The van der Waals surface area contributed by atoms with Gasteiger partial charge in [-0.3, -0.25) is 9.69 Å². The normalized spacial score (nSPS) is 22.4. The number of nitrogens with zero attached hydrogens (tertiary/aromatic N) is 2. The van der Waals surface area contributed by atoms with Gasteiger partial charge in [0.05, 0.1) is 0 Å². The number of aryl methyl sites for hydroxylation is 1. The number of β-amino-alcohol motifs (C(OH)–C–C–N with tert-alkyl or cyclic N) is 1. The Morgan fingerprint density at radius 1 is 1.11 bits per heavy atom. The average Bonchev–Trinajstić information content (AvgIpc) is 2.70. The summed E-state index contributed by atoms with van der Waals surface area (Å²) in [6, 6.07) is 20.0. The number of likely N-dealkylation sites (tertiary alicyclic amines) is 1. The van der Waals surface area contributed by atoms with Crippen LogP contribution in [0.15, 0.2) is 60.7 Å². The molecule has 2 aromatic carbocycles.